The molecule has 2 amide bonds. The van der Waals surface area contributed by atoms with Crippen LogP contribution in [0.5, 0.6) is 0 Å². The van der Waals surface area contributed by atoms with Gasteiger partial charge < -0.3 is 14.5 Å². The molecule has 2 saturated heterocycles. The van der Waals surface area contributed by atoms with E-state index in [0.29, 0.717) is 39.3 Å². The molecule has 0 bridgehead atoms. The van der Waals surface area contributed by atoms with Crippen molar-refractivity contribution in [1.29, 1.82) is 0 Å². The largest absolute Gasteiger partial charge is 0.378 e. The van der Waals surface area contributed by atoms with Crippen molar-refractivity contribution in [3.05, 3.63) is 42.0 Å². The topological polar surface area (TPSA) is 96.0 Å². The maximum Gasteiger partial charge on any atom is 0.245 e. The number of rotatable bonds is 5. The van der Waals surface area contributed by atoms with Crippen molar-refractivity contribution in [3.63, 3.8) is 0 Å². The minimum atomic E-state index is -3.88. The molecule has 166 valence electrons. The third-order valence-corrected chi connectivity index (χ3v) is 7.43. The normalized spacial score (nSPS) is 21.0. The molecular formula is C22H27N3O5S. The quantitative estimate of drug-likeness (QED) is 0.748. The second-order valence-electron chi connectivity index (χ2n) is 8.12. The fourth-order valence-corrected chi connectivity index (χ4v) is 5.40. The van der Waals surface area contributed by atoms with Crippen LogP contribution in [0.25, 0.3) is 10.8 Å². The first kappa shape index (κ1) is 21.7. The Morgan fingerprint density at radius 2 is 1.77 bits per heavy atom. The Morgan fingerprint density at radius 1 is 1.10 bits per heavy atom. The van der Waals surface area contributed by atoms with E-state index >= 15 is 0 Å². The number of nitrogens with zero attached hydrogens (tertiary/aromatic N) is 2. The maximum atomic E-state index is 12.9. The van der Waals surface area contributed by atoms with Crippen molar-refractivity contribution >= 4 is 32.6 Å². The number of nitrogens with one attached hydrogen (secondary N) is 1. The van der Waals surface area contributed by atoms with E-state index in [9.17, 15) is 18.0 Å². The van der Waals surface area contributed by atoms with Gasteiger partial charge in [-0.05, 0) is 43.2 Å². The number of carbonyl (C=O) groups excluding carboxylic acids is 2. The third-order valence-electron chi connectivity index (χ3n) is 5.96. The van der Waals surface area contributed by atoms with Crippen molar-refractivity contribution in [2.24, 2.45) is 0 Å². The highest BCUT2D eigenvalue weighted by Gasteiger charge is 2.40. The zero-order valence-corrected chi connectivity index (χ0v) is 18.5. The molecule has 4 rings (SSSR count). The number of fused-ring (bicyclic) bond motifs is 1. The lowest BCUT2D eigenvalue weighted by Crippen LogP contribution is -2.52. The molecule has 2 aromatic carbocycles. The standard InChI is InChI=1S/C22H27N3O5S/c1-15-3-4-18-14-19(6-5-17(18)13-15)31(28,29)23-20-7-8-25(22(20)27)16(2)21(26)24-9-11-30-12-10-24/h3-6,13-14,16,20,23H,7-12H2,1-2H3/t16-,20-/m0/s1. The first-order chi connectivity index (χ1) is 14.8. The summed E-state index contributed by atoms with van der Waals surface area (Å²) in [4.78, 5) is 28.9. The van der Waals surface area contributed by atoms with E-state index in [2.05, 4.69) is 4.72 Å². The van der Waals surface area contributed by atoms with Gasteiger partial charge in [0.2, 0.25) is 21.8 Å². The first-order valence-electron chi connectivity index (χ1n) is 10.5. The van der Waals surface area contributed by atoms with Gasteiger partial charge in [-0.2, -0.15) is 4.72 Å². The van der Waals surface area contributed by atoms with E-state index in [-0.39, 0.29) is 16.7 Å². The van der Waals surface area contributed by atoms with Crippen LogP contribution in [0.1, 0.15) is 18.9 Å². The van der Waals surface area contributed by atoms with Crippen LogP contribution >= 0.6 is 0 Å². The molecule has 8 nitrogen and oxygen atoms in total. The second kappa shape index (κ2) is 8.57. The Morgan fingerprint density at radius 3 is 2.52 bits per heavy atom. The van der Waals surface area contributed by atoms with Gasteiger partial charge in [0.15, 0.2) is 0 Å². The second-order valence-corrected chi connectivity index (χ2v) is 9.83. The van der Waals surface area contributed by atoms with Crippen LogP contribution in [0, 0.1) is 6.92 Å². The predicted octanol–water partition coefficient (Wildman–Crippen LogP) is 1.27. The summed E-state index contributed by atoms with van der Waals surface area (Å²) < 4.78 is 33.7. The van der Waals surface area contributed by atoms with Crippen LogP contribution in [0.2, 0.25) is 0 Å². The average molecular weight is 446 g/mol. The molecule has 31 heavy (non-hydrogen) atoms. The Hall–Kier alpha value is -2.49. The molecule has 2 aliphatic heterocycles. The van der Waals surface area contributed by atoms with Crippen molar-refractivity contribution < 1.29 is 22.7 Å². The molecule has 0 saturated carbocycles. The molecule has 2 fully saturated rings. The minimum absolute atomic E-state index is 0.118. The zero-order valence-electron chi connectivity index (χ0n) is 17.7. The lowest BCUT2D eigenvalue weighted by molar-refractivity contribution is -0.146. The van der Waals surface area contributed by atoms with Crippen molar-refractivity contribution in [2.45, 2.75) is 37.2 Å². The summed E-state index contributed by atoms with van der Waals surface area (Å²) in [5.41, 5.74) is 1.10. The Balaban J connectivity index is 1.46. The fraction of sp³-hybridized carbons (Fsp3) is 0.455. The average Bonchev–Trinajstić information content (AvgIpc) is 3.12. The van der Waals surface area contributed by atoms with Crippen LogP contribution in [-0.4, -0.2) is 75.0 Å². The van der Waals surface area contributed by atoms with Gasteiger partial charge in [0.05, 0.1) is 18.1 Å². The van der Waals surface area contributed by atoms with Crippen molar-refractivity contribution in [3.8, 4) is 0 Å². The number of sulfonamides is 1. The number of hydrogen-bond donors (Lipinski definition) is 1. The van der Waals surface area contributed by atoms with Crippen LogP contribution in [0.15, 0.2) is 41.3 Å². The van der Waals surface area contributed by atoms with E-state index in [1.807, 2.05) is 25.1 Å². The first-order valence-corrected chi connectivity index (χ1v) is 11.9. The van der Waals surface area contributed by atoms with E-state index in [1.165, 1.54) is 4.90 Å². The number of carbonyl (C=O) groups is 2. The fourth-order valence-electron chi connectivity index (χ4n) is 4.14. The molecule has 0 aliphatic carbocycles. The number of morpholine rings is 1. The van der Waals surface area contributed by atoms with Gasteiger partial charge in [-0.1, -0.05) is 29.8 Å². The van der Waals surface area contributed by atoms with Crippen LogP contribution in [-0.2, 0) is 24.3 Å². The molecule has 2 aliphatic rings. The van der Waals surface area contributed by atoms with Crippen molar-refractivity contribution in [1.82, 2.24) is 14.5 Å². The van der Waals surface area contributed by atoms with Gasteiger partial charge in [-0.3, -0.25) is 9.59 Å². The molecule has 0 unspecified atom stereocenters. The lowest BCUT2D eigenvalue weighted by Gasteiger charge is -2.32. The summed E-state index contributed by atoms with van der Waals surface area (Å²) in [6, 6.07) is 9.21. The number of aryl methyl sites for hydroxylation is 1. The Labute approximate surface area is 182 Å². The smallest absolute Gasteiger partial charge is 0.245 e. The molecule has 9 heteroatoms. The highest BCUT2D eigenvalue weighted by atomic mass is 32.2. The summed E-state index contributed by atoms with van der Waals surface area (Å²) >= 11 is 0. The zero-order chi connectivity index (χ0) is 22.2. The number of amides is 2. The van der Waals surface area contributed by atoms with Gasteiger partial charge >= 0.3 is 0 Å². The molecular weight excluding hydrogens is 418 g/mol. The number of ether oxygens (including phenoxy) is 1. The number of benzene rings is 2. The Bertz CT molecular complexity index is 1110. The molecule has 2 aromatic rings. The molecule has 2 heterocycles. The van der Waals surface area contributed by atoms with E-state index in [1.54, 1.807) is 30.0 Å². The van der Waals surface area contributed by atoms with E-state index < -0.39 is 22.1 Å². The summed E-state index contributed by atoms with van der Waals surface area (Å²) in [6.45, 7) is 5.98. The number of likely N-dealkylation sites (tertiary alicyclic amines) is 1. The van der Waals surface area contributed by atoms with Crippen LogP contribution < -0.4 is 4.72 Å². The van der Waals surface area contributed by atoms with Gasteiger partial charge in [-0.15, -0.1) is 0 Å². The summed E-state index contributed by atoms with van der Waals surface area (Å²) in [7, 11) is -3.88. The van der Waals surface area contributed by atoms with Gasteiger partial charge in [0.25, 0.3) is 0 Å². The summed E-state index contributed by atoms with van der Waals surface area (Å²) in [5.74, 6) is -0.501. The maximum absolute atomic E-state index is 12.9. The SMILES string of the molecule is Cc1ccc2cc(S(=O)(=O)N[C@H]3CCN([C@@H](C)C(=O)N4CCOCC4)C3=O)ccc2c1. The van der Waals surface area contributed by atoms with E-state index in [4.69, 9.17) is 4.74 Å². The van der Waals surface area contributed by atoms with Gasteiger partial charge in [0.1, 0.15) is 12.1 Å². The minimum Gasteiger partial charge on any atom is -0.378 e. The van der Waals surface area contributed by atoms with E-state index in [0.717, 1.165) is 16.3 Å². The summed E-state index contributed by atoms with van der Waals surface area (Å²) in [5, 5.41) is 1.77. The summed E-state index contributed by atoms with van der Waals surface area (Å²) in [6.07, 6.45) is 0.325. The highest BCUT2D eigenvalue weighted by Crippen LogP contribution is 2.23. The molecule has 0 radical (unpaired) electrons. The molecule has 0 spiro atoms. The molecule has 2 atom stereocenters. The van der Waals surface area contributed by atoms with Crippen LogP contribution in [0.4, 0.5) is 0 Å². The Kier molecular flexibility index (Phi) is 6.00. The highest BCUT2D eigenvalue weighted by molar-refractivity contribution is 7.89. The third kappa shape index (κ3) is 4.44. The van der Waals surface area contributed by atoms with Crippen LogP contribution in [0.3, 0.4) is 0 Å². The predicted molar refractivity (Wildman–Crippen MR) is 116 cm³/mol. The molecule has 1 N–H and O–H groups in total. The lowest BCUT2D eigenvalue weighted by atomic mass is 10.1. The van der Waals surface area contributed by atoms with Gasteiger partial charge in [0, 0.05) is 19.6 Å². The van der Waals surface area contributed by atoms with Crippen molar-refractivity contribution in [2.75, 3.05) is 32.8 Å². The molecule has 0 aromatic heterocycles. The monoisotopic (exact) mass is 445 g/mol. The van der Waals surface area contributed by atoms with Gasteiger partial charge in [-0.25, -0.2) is 8.42 Å². The number of hydrogen-bond acceptors (Lipinski definition) is 5.